The Morgan fingerprint density at radius 2 is 2.27 bits per heavy atom. The molecule has 0 spiro atoms. The van der Waals surface area contributed by atoms with Crippen LogP contribution in [0.1, 0.15) is 12.6 Å². The number of carbonyl (C=O) groups is 2. The molecule has 1 rings (SSSR count). The van der Waals surface area contributed by atoms with E-state index in [1.165, 1.54) is 11.8 Å². The Kier molecular flexibility index (Phi) is 3.96. The average molecular weight is 271 g/mol. The molecular weight excluding hydrogens is 260 g/mol. The van der Waals surface area contributed by atoms with E-state index in [0.717, 1.165) is 0 Å². The van der Waals surface area contributed by atoms with Crippen LogP contribution in [0.5, 0.6) is 0 Å². The highest BCUT2D eigenvalue weighted by atomic mass is 79.9. The second-order valence-corrected chi connectivity index (χ2v) is 3.99. The van der Waals surface area contributed by atoms with Crippen molar-refractivity contribution < 1.29 is 9.59 Å². The van der Waals surface area contributed by atoms with E-state index >= 15 is 0 Å². The number of carbonyl (C=O) groups excluding carboxylic acids is 2. The van der Waals surface area contributed by atoms with E-state index in [4.69, 9.17) is 0 Å². The van der Waals surface area contributed by atoms with Gasteiger partial charge in [-0.25, -0.2) is 4.98 Å². The first-order valence-electron chi connectivity index (χ1n) is 4.39. The largest absolute Gasteiger partial charge is 0.306 e. The van der Waals surface area contributed by atoms with Gasteiger partial charge in [0.25, 0.3) is 0 Å². The summed E-state index contributed by atoms with van der Waals surface area (Å²) in [5.41, 5.74) is 1.36. The van der Waals surface area contributed by atoms with Crippen LogP contribution in [0.15, 0.2) is 16.7 Å². The lowest BCUT2D eigenvalue weighted by atomic mass is 10.2. The minimum atomic E-state index is -0.0654. The van der Waals surface area contributed by atoms with E-state index in [-0.39, 0.29) is 12.3 Å². The van der Waals surface area contributed by atoms with Gasteiger partial charge in [-0.15, -0.1) is 0 Å². The lowest BCUT2D eigenvalue weighted by Gasteiger charge is -2.17. The molecule has 0 aliphatic rings. The molecule has 1 aromatic heterocycles. The second-order valence-electron chi connectivity index (χ2n) is 3.17. The van der Waals surface area contributed by atoms with E-state index in [2.05, 4.69) is 20.9 Å². The molecule has 0 saturated heterocycles. The minimum absolute atomic E-state index is 0.0654. The standard InChI is InChI=1S/C10H11BrN2O2/c1-7(15)5-13(6-14)9-3-4-10(11)12-8(9)2/h3-4,6H,5H2,1-2H3. The van der Waals surface area contributed by atoms with Crippen LogP contribution in [-0.2, 0) is 9.59 Å². The maximum absolute atomic E-state index is 10.9. The average Bonchev–Trinajstić information content (AvgIpc) is 2.14. The SMILES string of the molecule is CC(=O)CN(C=O)c1ccc(Br)nc1C. The smallest absolute Gasteiger partial charge is 0.214 e. The Bertz CT molecular complexity index is 393. The van der Waals surface area contributed by atoms with Crippen LogP contribution < -0.4 is 4.90 Å². The first kappa shape index (κ1) is 11.8. The van der Waals surface area contributed by atoms with Gasteiger partial charge in [0.05, 0.1) is 17.9 Å². The Labute approximate surface area is 96.4 Å². The summed E-state index contributed by atoms with van der Waals surface area (Å²) < 4.78 is 0.706. The Hall–Kier alpha value is -1.23. The minimum Gasteiger partial charge on any atom is -0.306 e. The molecule has 0 saturated carbocycles. The number of halogens is 1. The number of hydrogen-bond acceptors (Lipinski definition) is 3. The summed E-state index contributed by atoms with van der Waals surface area (Å²) in [6, 6.07) is 3.49. The molecule has 0 N–H and O–H groups in total. The summed E-state index contributed by atoms with van der Waals surface area (Å²) in [5, 5.41) is 0. The first-order valence-corrected chi connectivity index (χ1v) is 5.18. The number of amides is 1. The number of rotatable bonds is 4. The molecule has 0 atom stereocenters. The summed E-state index contributed by atoms with van der Waals surface area (Å²) in [6.07, 6.45) is 0.638. The van der Waals surface area contributed by atoms with Crippen LogP contribution in [0.2, 0.25) is 0 Å². The molecule has 0 unspecified atom stereocenters. The highest BCUT2D eigenvalue weighted by Crippen LogP contribution is 2.19. The molecule has 0 bridgehead atoms. The Balaban J connectivity index is 3.01. The third-order valence-electron chi connectivity index (χ3n) is 1.85. The van der Waals surface area contributed by atoms with Gasteiger partial charge in [-0.1, -0.05) is 0 Å². The molecule has 5 heteroatoms. The van der Waals surface area contributed by atoms with Crippen molar-refractivity contribution in [3.8, 4) is 0 Å². The summed E-state index contributed by atoms with van der Waals surface area (Å²) in [6.45, 7) is 3.31. The van der Waals surface area contributed by atoms with Crippen molar-refractivity contribution in [2.24, 2.45) is 0 Å². The van der Waals surface area contributed by atoms with Crippen molar-refractivity contribution in [2.75, 3.05) is 11.4 Å². The number of ketones is 1. The van der Waals surface area contributed by atoms with Crippen LogP contribution in [-0.4, -0.2) is 23.7 Å². The van der Waals surface area contributed by atoms with Gasteiger partial charge in [-0.05, 0) is 41.9 Å². The second kappa shape index (κ2) is 5.02. The first-order chi connectivity index (χ1) is 7.04. The third-order valence-corrected chi connectivity index (χ3v) is 2.30. The molecular formula is C10H11BrN2O2. The van der Waals surface area contributed by atoms with Crippen molar-refractivity contribution >= 4 is 33.8 Å². The fourth-order valence-electron chi connectivity index (χ4n) is 1.25. The molecule has 0 aliphatic heterocycles. The molecule has 80 valence electrons. The zero-order chi connectivity index (χ0) is 11.4. The monoisotopic (exact) mass is 270 g/mol. The van der Waals surface area contributed by atoms with Crippen molar-refractivity contribution in [1.82, 2.24) is 4.98 Å². The van der Waals surface area contributed by atoms with Gasteiger partial charge >= 0.3 is 0 Å². The van der Waals surface area contributed by atoms with Gasteiger partial charge in [-0.3, -0.25) is 9.59 Å². The predicted octanol–water partition coefficient (Wildman–Crippen LogP) is 1.70. The molecule has 1 aromatic rings. The summed E-state index contributed by atoms with van der Waals surface area (Å²) >= 11 is 3.23. The highest BCUT2D eigenvalue weighted by molar-refractivity contribution is 9.10. The number of aryl methyl sites for hydroxylation is 1. The van der Waals surface area contributed by atoms with Gasteiger partial charge < -0.3 is 4.90 Å². The highest BCUT2D eigenvalue weighted by Gasteiger charge is 2.11. The lowest BCUT2D eigenvalue weighted by Crippen LogP contribution is -2.27. The summed E-state index contributed by atoms with van der Waals surface area (Å²) in [7, 11) is 0. The molecule has 1 heterocycles. The fraction of sp³-hybridized carbons (Fsp3) is 0.300. The van der Waals surface area contributed by atoms with Gasteiger partial charge in [0, 0.05) is 0 Å². The number of nitrogens with zero attached hydrogens (tertiary/aromatic N) is 2. The molecule has 0 fully saturated rings. The fourth-order valence-corrected chi connectivity index (χ4v) is 1.64. The maximum Gasteiger partial charge on any atom is 0.214 e. The number of anilines is 1. The zero-order valence-corrected chi connectivity index (χ0v) is 10.1. The molecule has 0 aromatic carbocycles. The van der Waals surface area contributed by atoms with E-state index in [9.17, 15) is 9.59 Å². The van der Waals surface area contributed by atoms with Crippen molar-refractivity contribution in [3.63, 3.8) is 0 Å². The third kappa shape index (κ3) is 3.13. The maximum atomic E-state index is 10.9. The van der Waals surface area contributed by atoms with Crippen molar-refractivity contribution in [1.29, 1.82) is 0 Å². The number of pyridine rings is 1. The van der Waals surface area contributed by atoms with E-state index in [1.807, 2.05) is 0 Å². The van der Waals surface area contributed by atoms with Crippen LogP contribution in [0.25, 0.3) is 0 Å². The van der Waals surface area contributed by atoms with Gasteiger partial charge in [-0.2, -0.15) is 0 Å². The zero-order valence-electron chi connectivity index (χ0n) is 8.53. The predicted molar refractivity (Wildman–Crippen MR) is 60.8 cm³/mol. The topological polar surface area (TPSA) is 50.3 Å². The number of Topliss-reactive ketones (excluding diaryl/α,β-unsaturated/α-hetero) is 1. The summed E-state index contributed by atoms with van der Waals surface area (Å²) in [5.74, 6) is -0.0654. The van der Waals surface area contributed by atoms with E-state index < -0.39 is 0 Å². The Morgan fingerprint density at radius 3 is 2.73 bits per heavy atom. The quantitative estimate of drug-likeness (QED) is 0.618. The van der Waals surface area contributed by atoms with Crippen LogP contribution in [0.3, 0.4) is 0 Å². The van der Waals surface area contributed by atoms with Crippen LogP contribution in [0.4, 0.5) is 5.69 Å². The lowest BCUT2D eigenvalue weighted by molar-refractivity contribution is -0.117. The van der Waals surface area contributed by atoms with E-state index in [0.29, 0.717) is 22.4 Å². The van der Waals surface area contributed by atoms with Crippen molar-refractivity contribution in [3.05, 3.63) is 22.4 Å². The molecule has 0 radical (unpaired) electrons. The Morgan fingerprint density at radius 1 is 1.60 bits per heavy atom. The summed E-state index contributed by atoms with van der Waals surface area (Å²) in [4.78, 5) is 27.2. The molecule has 4 nitrogen and oxygen atoms in total. The van der Waals surface area contributed by atoms with Gasteiger partial charge in [0.1, 0.15) is 10.4 Å². The molecule has 15 heavy (non-hydrogen) atoms. The van der Waals surface area contributed by atoms with Gasteiger partial charge in [0.15, 0.2) is 0 Å². The van der Waals surface area contributed by atoms with E-state index in [1.54, 1.807) is 19.1 Å². The van der Waals surface area contributed by atoms with Crippen molar-refractivity contribution in [2.45, 2.75) is 13.8 Å². The van der Waals surface area contributed by atoms with Gasteiger partial charge in [0.2, 0.25) is 6.41 Å². The van der Waals surface area contributed by atoms with Crippen LogP contribution >= 0.6 is 15.9 Å². The number of aromatic nitrogens is 1. The van der Waals surface area contributed by atoms with Crippen LogP contribution in [0, 0.1) is 6.92 Å². The molecule has 1 amide bonds. The number of hydrogen-bond donors (Lipinski definition) is 0. The molecule has 0 aliphatic carbocycles. The normalized spacial score (nSPS) is 9.80.